The molecule has 17 heavy (non-hydrogen) atoms. The quantitative estimate of drug-likeness (QED) is 0.795. The maximum absolute atomic E-state index is 12.6. The van der Waals surface area contributed by atoms with E-state index in [1.54, 1.807) is 0 Å². The maximum atomic E-state index is 12.6. The summed E-state index contributed by atoms with van der Waals surface area (Å²) in [6.45, 7) is 0.721. The van der Waals surface area contributed by atoms with Gasteiger partial charge in [-0.05, 0) is 44.4 Å². The molecule has 0 spiro atoms. The van der Waals surface area contributed by atoms with E-state index in [2.05, 4.69) is 5.32 Å². The molecule has 2 saturated carbocycles. The minimum atomic E-state index is -4.71. The van der Waals surface area contributed by atoms with E-state index in [0.717, 1.165) is 32.6 Å². The molecule has 2 aliphatic carbocycles. The Morgan fingerprint density at radius 2 is 1.65 bits per heavy atom. The van der Waals surface area contributed by atoms with Crippen LogP contribution in [0.3, 0.4) is 0 Å². The summed E-state index contributed by atoms with van der Waals surface area (Å²) >= 11 is 0. The lowest BCUT2D eigenvalue weighted by atomic mass is 9.99. The van der Waals surface area contributed by atoms with Gasteiger partial charge in [-0.2, -0.15) is 13.2 Å². The zero-order valence-electron chi connectivity index (χ0n) is 9.68. The molecule has 2 rings (SSSR count). The first-order chi connectivity index (χ1) is 7.73. The average molecular weight is 250 g/mol. The van der Waals surface area contributed by atoms with Crippen LogP contribution >= 0.6 is 0 Å². The van der Waals surface area contributed by atoms with Gasteiger partial charge in [-0.3, -0.25) is 4.79 Å². The van der Waals surface area contributed by atoms with Crippen molar-refractivity contribution < 1.29 is 18.0 Å². The lowest BCUT2D eigenvalue weighted by Gasteiger charge is -2.29. The zero-order chi connectivity index (χ0) is 12.8. The molecular formula is C11H17F3N2O. The predicted octanol–water partition coefficient (Wildman–Crippen LogP) is 1.57. The van der Waals surface area contributed by atoms with Crippen LogP contribution in [-0.2, 0) is 4.79 Å². The van der Waals surface area contributed by atoms with Crippen LogP contribution in [0.4, 0.5) is 13.2 Å². The third kappa shape index (κ3) is 2.56. The molecule has 98 valence electrons. The highest BCUT2D eigenvalue weighted by Crippen LogP contribution is 2.44. The fourth-order valence-corrected chi connectivity index (χ4v) is 1.96. The van der Waals surface area contributed by atoms with Crippen molar-refractivity contribution in [1.29, 1.82) is 0 Å². The average Bonchev–Trinajstić information content (AvgIpc) is 3.02. The number of hydrogen-bond acceptors (Lipinski definition) is 2. The molecule has 1 unspecified atom stereocenters. The summed E-state index contributed by atoms with van der Waals surface area (Å²) in [6.07, 6.45) is -0.734. The van der Waals surface area contributed by atoms with Gasteiger partial charge in [0.05, 0.1) is 0 Å². The van der Waals surface area contributed by atoms with Crippen molar-refractivity contribution in [2.45, 2.75) is 50.4 Å². The second-order valence-electron chi connectivity index (χ2n) is 5.37. The van der Waals surface area contributed by atoms with E-state index < -0.39 is 17.6 Å². The Morgan fingerprint density at radius 3 is 1.94 bits per heavy atom. The Hall–Kier alpha value is -0.780. The summed E-state index contributed by atoms with van der Waals surface area (Å²) < 4.78 is 37.7. The molecule has 0 heterocycles. The molecule has 0 aromatic carbocycles. The van der Waals surface area contributed by atoms with Gasteiger partial charge in [0.25, 0.3) is 0 Å². The summed E-state index contributed by atoms with van der Waals surface area (Å²) in [7, 11) is 0. The number of halogens is 3. The highest BCUT2D eigenvalue weighted by Gasteiger charge is 2.55. The third-order valence-corrected chi connectivity index (χ3v) is 3.62. The van der Waals surface area contributed by atoms with E-state index in [-0.39, 0.29) is 6.04 Å². The van der Waals surface area contributed by atoms with Gasteiger partial charge < -0.3 is 11.1 Å². The number of alkyl halides is 3. The molecule has 0 aromatic rings. The Labute approximate surface area is 97.9 Å². The van der Waals surface area contributed by atoms with E-state index in [1.165, 1.54) is 0 Å². The van der Waals surface area contributed by atoms with Crippen LogP contribution in [-0.4, -0.2) is 23.7 Å². The van der Waals surface area contributed by atoms with Crippen molar-refractivity contribution in [2.75, 3.05) is 0 Å². The first kappa shape index (κ1) is 12.7. The van der Waals surface area contributed by atoms with Gasteiger partial charge >= 0.3 is 6.18 Å². The first-order valence-electron chi connectivity index (χ1n) is 5.90. The minimum absolute atomic E-state index is 0.104. The van der Waals surface area contributed by atoms with Crippen LogP contribution in [0, 0.1) is 11.8 Å². The standard InChI is InChI=1S/C11H17F3N2O/c1-10(15,11(12,13)14)9(17)16-8(6-2-3-6)7-4-5-7/h6-8H,2-5,15H2,1H3,(H,16,17). The van der Waals surface area contributed by atoms with Crippen molar-refractivity contribution in [1.82, 2.24) is 5.32 Å². The van der Waals surface area contributed by atoms with Crippen LogP contribution in [0.5, 0.6) is 0 Å². The van der Waals surface area contributed by atoms with Crippen LogP contribution in [0.2, 0.25) is 0 Å². The van der Waals surface area contributed by atoms with Gasteiger partial charge in [0.1, 0.15) is 0 Å². The normalized spacial score (nSPS) is 24.6. The van der Waals surface area contributed by atoms with Gasteiger partial charge in [-0.25, -0.2) is 0 Å². The van der Waals surface area contributed by atoms with Gasteiger partial charge in [0, 0.05) is 6.04 Å². The topological polar surface area (TPSA) is 55.1 Å². The number of amides is 1. The molecule has 2 aliphatic rings. The fraction of sp³-hybridized carbons (Fsp3) is 0.909. The molecule has 0 aliphatic heterocycles. The molecule has 6 heteroatoms. The number of hydrogen-bond donors (Lipinski definition) is 2. The molecule has 3 N–H and O–H groups in total. The second kappa shape index (κ2) is 3.86. The number of carbonyl (C=O) groups excluding carboxylic acids is 1. The Balaban J connectivity index is 1.99. The lowest BCUT2D eigenvalue weighted by Crippen LogP contribution is -2.63. The number of carbonyl (C=O) groups is 1. The minimum Gasteiger partial charge on any atom is -0.351 e. The molecule has 1 atom stereocenters. The first-order valence-corrected chi connectivity index (χ1v) is 5.90. The summed E-state index contributed by atoms with van der Waals surface area (Å²) in [4.78, 5) is 11.6. The smallest absolute Gasteiger partial charge is 0.351 e. The third-order valence-electron chi connectivity index (χ3n) is 3.62. The fourth-order valence-electron chi connectivity index (χ4n) is 1.96. The van der Waals surface area contributed by atoms with Gasteiger partial charge in [0.2, 0.25) is 5.91 Å². The zero-order valence-corrected chi connectivity index (χ0v) is 9.68. The number of nitrogens with two attached hydrogens (primary N) is 1. The Morgan fingerprint density at radius 1 is 1.24 bits per heavy atom. The van der Waals surface area contributed by atoms with Gasteiger partial charge in [-0.15, -0.1) is 0 Å². The van der Waals surface area contributed by atoms with Crippen molar-refractivity contribution in [2.24, 2.45) is 17.6 Å². The summed E-state index contributed by atoms with van der Waals surface area (Å²) in [5.74, 6) is -0.389. The van der Waals surface area contributed by atoms with E-state index in [0.29, 0.717) is 11.8 Å². The summed E-state index contributed by atoms with van der Waals surface area (Å²) in [5, 5.41) is 2.50. The largest absolute Gasteiger partial charge is 0.415 e. The molecule has 1 amide bonds. The molecule has 2 fully saturated rings. The van der Waals surface area contributed by atoms with Crippen molar-refractivity contribution in [3.8, 4) is 0 Å². The lowest BCUT2D eigenvalue weighted by molar-refractivity contribution is -0.187. The number of rotatable bonds is 4. The SMILES string of the molecule is CC(N)(C(=O)NC(C1CC1)C1CC1)C(F)(F)F. The molecular weight excluding hydrogens is 233 g/mol. The van der Waals surface area contributed by atoms with Crippen molar-refractivity contribution >= 4 is 5.91 Å². The molecule has 0 aromatic heterocycles. The van der Waals surface area contributed by atoms with Gasteiger partial charge in [0.15, 0.2) is 5.54 Å². The second-order valence-corrected chi connectivity index (χ2v) is 5.37. The molecule has 0 bridgehead atoms. The van der Waals surface area contributed by atoms with Crippen LogP contribution < -0.4 is 11.1 Å². The van der Waals surface area contributed by atoms with Crippen LogP contribution in [0.1, 0.15) is 32.6 Å². The van der Waals surface area contributed by atoms with Crippen LogP contribution in [0.15, 0.2) is 0 Å². The number of nitrogens with one attached hydrogen (secondary N) is 1. The van der Waals surface area contributed by atoms with Gasteiger partial charge in [-0.1, -0.05) is 0 Å². The van der Waals surface area contributed by atoms with E-state index in [1.807, 2.05) is 0 Å². The predicted molar refractivity (Wildman–Crippen MR) is 56.0 cm³/mol. The van der Waals surface area contributed by atoms with Crippen molar-refractivity contribution in [3.63, 3.8) is 0 Å². The Bertz CT molecular complexity index is 307. The van der Waals surface area contributed by atoms with Crippen molar-refractivity contribution in [3.05, 3.63) is 0 Å². The van der Waals surface area contributed by atoms with E-state index in [4.69, 9.17) is 5.73 Å². The maximum Gasteiger partial charge on any atom is 0.415 e. The molecule has 3 nitrogen and oxygen atoms in total. The molecule has 0 radical (unpaired) electrons. The van der Waals surface area contributed by atoms with E-state index in [9.17, 15) is 18.0 Å². The highest BCUT2D eigenvalue weighted by atomic mass is 19.4. The Kier molecular flexibility index (Phi) is 2.88. The molecule has 0 saturated heterocycles. The summed E-state index contributed by atoms with van der Waals surface area (Å²) in [5.41, 5.74) is 2.29. The monoisotopic (exact) mass is 250 g/mol. The van der Waals surface area contributed by atoms with E-state index >= 15 is 0 Å². The highest BCUT2D eigenvalue weighted by molar-refractivity contribution is 5.87. The van der Waals surface area contributed by atoms with Crippen LogP contribution in [0.25, 0.3) is 0 Å². The summed E-state index contributed by atoms with van der Waals surface area (Å²) in [6, 6.07) is -0.104.